The minimum absolute atomic E-state index is 0.0231. The molecule has 0 aromatic heterocycles. The maximum absolute atomic E-state index is 13.5. The molecule has 2 heterocycles. The lowest BCUT2D eigenvalue weighted by atomic mass is 9.99. The molecule has 0 aliphatic carbocycles. The Hall–Kier alpha value is -3.69. The number of carbonyl (C=O) groups excluding carboxylic acids is 1. The fraction of sp³-hybridized carbons (Fsp3) is 0.379. The van der Waals surface area contributed by atoms with Gasteiger partial charge >= 0.3 is 0 Å². The van der Waals surface area contributed by atoms with E-state index in [1.165, 1.54) is 12.1 Å². The van der Waals surface area contributed by atoms with Crippen LogP contribution in [0.3, 0.4) is 0 Å². The quantitative estimate of drug-likeness (QED) is 0.225. The molecule has 9 heteroatoms. The third-order valence-electron chi connectivity index (χ3n) is 7.16. The zero-order valence-corrected chi connectivity index (χ0v) is 21.1. The molecule has 200 valence electrons. The van der Waals surface area contributed by atoms with Crippen molar-refractivity contribution < 1.29 is 29.0 Å². The first-order valence-corrected chi connectivity index (χ1v) is 13.0. The number of nitrogens with zero attached hydrogens (tertiary/aromatic N) is 2. The summed E-state index contributed by atoms with van der Waals surface area (Å²) in [7, 11) is 0. The predicted molar refractivity (Wildman–Crippen MR) is 141 cm³/mol. The average Bonchev–Trinajstić information content (AvgIpc) is 3.45. The number of hydrogen-bond donors (Lipinski definition) is 3. The summed E-state index contributed by atoms with van der Waals surface area (Å²) in [6.07, 6.45) is 1.80. The molecule has 0 saturated carbocycles. The molecule has 3 N–H and O–H groups in total. The van der Waals surface area contributed by atoms with E-state index in [0.29, 0.717) is 43.2 Å². The predicted octanol–water partition coefficient (Wildman–Crippen LogP) is 3.83. The van der Waals surface area contributed by atoms with Crippen molar-refractivity contribution in [3.05, 3.63) is 71.5 Å². The molecule has 0 radical (unpaired) electrons. The van der Waals surface area contributed by atoms with E-state index in [1.807, 2.05) is 18.2 Å². The van der Waals surface area contributed by atoms with Gasteiger partial charge < -0.3 is 30.0 Å². The van der Waals surface area contributed by atoms with Gasteiger partial charge in [0.15, 0.2) is 11.5 Å². The van der Waals surface area contributed by atoms with Gasteiger partial charge in [-0.05, 0) is 78.5 Å². The Kier molecular flexibility index (Phi) is 8.05. The Morgan fingerprint density at radius 3 is 2.53 bits per heavy atom. The minimum atomic E-state index is -1.00. The zero-order valence-electron chi connectivity index (χ0n) is 21.1. The van der Waals surface area contributed by atoms with E-state index in [4.69, 9.17) is 9.47 Å². The van der Waals surface area contributed by atoms with Crippen LogP contribution in [0.2, 0.25) is 0 Å². The molecule has 2 aliphatic rings. The lowest BCUT2D eigenvalue weighted by Crippen LogP contribution is -2.48. The van der Waals surface area contributed by atoms with Gasteiger partial charge in [0.05, 0.1) is 6.04 Å². The van der Waals surface area contributed by atoms with Crippen LogP contribution in [-0.4, -0.2) is 65.7 Å². The second-order valence-corrected chi connectivity index (χ2v) is 9.81. The van der Waals surface area contributed by atoms with Crippen molar-refractivity contribution in [2.24, 2.45) is 5.16 Å². The number of aryl methyl sites for hydroxylation is 1. The van der Waals surface area contributed by atoms with Crippen molar-refractivity contribution in [1.29, 1.82) is 0 Å². The van der Waals surface area contributed by atoms with Crippen molar-refractivity contribution in [1.82, 2.24) is 10.2 Å². The van der Waals surface area contributed by atoms with Gasteiger partial charge in [0.2, 0.25) is 0 Å². The number of hydrogen-bond acceptors (Lipinski definition) is 7. The molecule has 1 fully saturated rings. The molecular weight excluding hydrogens is 489 g/mol. The molecular formula is C29H32FN3O5. The first kappa shape index (κ1) is 25.9. The Bertz CT molecular complexity index is 1320. The Morgan fingerprint density at radius 2 is 1.74 bits per heavy atom. The lowest BCUT2D eigenvalue weighted by molar-refractivity contribution is -0.116. The van der Waals surface area contributed by atoms with E-state index in [1.54, 1.807) is 24.3 Å². The van der Waals surface area contributed by atoms with Crippen LogP contribution < -0.4 is 14.8 Å². The molecule has 2 aliphatic heterocycles. The van der Waals surface area contributed by atoms with Crippen molar-refractivity contribution in [3.63, 3.8) is 0 Å². The highest BCUT2D eigenvalue weighted by Gasteiger charge is 2.29. The lowest BCUT2D eigenvalue weighted by Gasteiger charge is -2.29. The first-order valence-electron chi connectivity index (χ1n) is 13.0. The number of likely N-dealkylation sites (tertiary alicyclic amines) is 1. The molecule has 5 rings (SSSR count). The summed E-state index contributed by atoms with van der Waals surface area (Å²) in [5.74, 6) is 0.366. The smallest absolute Gasteiger partial charge is 0.269 e. The second kappa shape index (κ2) is 11.8. The number of nitrogens with one attached hydrogen (secondary N) is 1. The largest absolute Gasteiger partial charge is 0.486 e. The zero-order chi connectivity index (χ0) is 26.5. The van der Waals surface area contributed by atoms with E-state index in [9.17, 15) is 19.5 Å². The number of benzene rings is 3. The van der Waals surface area contributed by atoms with E-state index in [0.717, 1.165) is 42.3 Å². The maximum Gasteiger partial charge on any atom is 0.269 e. The number of carbonyl (C=O) groups is 1. The summed E-state index contributed by atoms with van der Waals surface area (Å²) in [6.45, 7) is 3.16. The highest BCUT2D eigenvalue weighted by molar-refractivity contribution is 6.38. The Morgan fingerprint density at radius 1 is 1.00 bits per heavy atom. The van der Waals surface area contributed by atoms with Crippen molar-refractivity contribution in [3.8, 4) is 11.5 Å². The summed E-state index contributed by atoms with van der Waals surface area (Å²) in [4.78, 5) is 15.4. The van der Waals surface area contributed by atoms with Gasteiger partial charge in [-0.3, -0.25) is 4.79 Å². The van der Waals surface area contributed by atoms with Gasteiger partial charge in [0, 0.05) is 13.0 Å². The molecule has 2 unspecified atom stereocenters. The number of rotatable bonds is 9. The Labute approximate surface area is 220 Å². The maximum atomic E-state index is 13.5. The first-order chi connectivity index (χ1) is 18.5. The van der Waals surface area contributed by atoms with Crippen molar-refractivity contribution in [2.75, 3.05) is 32.8 Å². The second-order valence-electron chi connectivity index (χ2n) is 9.81. The fourth-order valence-electron chi connectivity index (χ4n) is 5.09. The third kappa shape index (κ3) is 6.06. The van der Waals surface area contributed by atoms with Crippen LogP contribution in [0.5, 0.6) is 11.5 Å². The number of halogens is 1. The van der Waals surface area contributed by atoms with Gasteiger partial charge in [0.25, 0.3) is 5.91 Å². The normalized spacial score (nSPS) is 17.4. The topological polar surface area (TPSA) is 104 Å². The van der Waals surface area contributed by atoms with Gasteiger partial charge in [0.1, 0.15) is 30.8 Å². The Balaban J connectivity index is 1.28. The van der Waals surface area contributed by atoms with Crippen molar-refractivity contribution >= 4 is 22.4 Å². The molecule has 1 amide bonds. The summed E-state index contributed by atoms with van der Waals surface area (Å²) in [6, 6.07) is 14.9. The van der Waals surface area contributed by atoms with E-state index in [2.05, 4.69) is 15.4 Å². The van der Waals surface area contributed by atoms with Crippen LogP contribution in [0.4, 0.5) is 4.39 Å². The number of amides is 1. The SMILES string of the molecule is O=C(NC(CN1CCCC1)C(O)c1ccc2c(c1)OCCO2)/C(CCc1ccc2cc(F)ccc2c1)=N/O. The molecule has 0 spiro atoms. The van der Waals surface area contributed by atoms with E-state index >= 15 is 0 Å². The fourth-order valence-corrected chi connectivity index (χ4v) is 5.09. The molecule has 0 bridgehead atoms. The summed E-state index contributed by atoms with van der Waals surface area (Å²) in [5.41, 5.74) is 1.52. The van der Waals surface area contributed by atoms with Crippen molar-refractivity contribution in [2.45, 2.75) is 37.8 Å². The standard InChI is InChI=1S/C29H32FN3O5/c30-23-8-6-20-15-19(3-5-21(20)16-23)4-9-24(32-36)29(35)31-25(18-33-11-1-2-12-33)28(34)22-7-10-26-27(17-22)38-14-13-37-26/h3,5-8,10,15-17,25,28,34,36H,1-2,4,9,11-14,18H2,(H,31,35)/b32-24+. The number of ether oxygens (including phenoxy) is 2. The van der Waals surface area contributed by atoms with Gasteiger partial charge in [-0.2, -0.15) is 0 Å². The molecule has 3 aromatic carbocycles. The van der Waals surface area contributed by atoms with E-state index in [-0.39, 0.29) is 17.9 Å². The van der Waals surface area contributed by atoms with Crippen LogP contribution >= 0.6 is 0 Å². The summed E-state index contributed by atoms with van der Waals surface area (Å²) < 4.78 is 24.7. The third-order valence-corrected chi connectivity index (χ3v) is 7.16. The number of oxime groups is 1. The molecule has 38 heavy (non-hydrogen) atoms. The molecule has 1 saturated heterocycles. The van der Waals surface area contributed by atoms with Crippen LogP contribution in [0.1, 0.15) is 36.5 Å². The molecule has 2 atom stereocenters. The average molecular weight is 522 g/mol. The summed E-state index contributed by atoms with van der Waals surface area (Å²) >= 11 is 0. The van der Waals surface area contributed by atoms with Gasteiger partial charge in [-0.25, -0.2) is 4.39 Å². The minimum Gasteiger partial charge on any atom is -0.486 e. The monoisotopic (exact) mass is 521 g/mol. The highest BCUT2D eigenvalue weighted by atomic mass is 19.1. The number of aliphatic hydroxyl groups is 1. The van der Waals surface area contributed by atoms with Crippen LogP contribution in [-0.2, 0) is 11.2 Å². The summed E-state index contributed by atoms with van der Waals surface area (Å²) in [5, 5.41) is 28.8. The number of fused-ring (bicyclic) bond motifs is 2. The van der Waals surface area contributed by atoms with E-state index < -0.39 is 18.1 Å². The van der Waals surface area contributed by atoms with Crippen LogP contribution in [0.15, 0.2) is 59.8 Å². The van der Waals surface area contributed by atoms with Gasteiger partial charge in [-0.15, -0.1) is 0 Å². The van der Waals surface area contributed by atoms with Gasteiger partial charge in [-0.1, -0.05) is 35.5 Å². The van der Waals surface area contributed by atoms with Crippen LogP contribution in [0.25, 0.3) is 10.8 Å². The van der Waals surface area contributed by atoms with Crippen LogP contribution in [0, 0.1) is 5.82 Å². The highest BCUT2D eigenvalue weighted by Crippen LogP contribution is 2.33. The molecule has 8 nitrogen and oxygen atoms in total. The molecule has 3 aromatic rings. The number of aliphatic hydroxyl groups excluding tert-OH is 1.